The smallest absolute Gasteiger partial charge is 0.160 e. The standard InChI is InChI=1S/C9H5BrOS2/c10-7-4-6(5-11)13-9(7)8-2-1-3-12-8/h1-5H. The van der Waals surface area contributed by atoms with Crippen LogP contribution >= 0.6 is 38.6 Å². The van der Waals surface area contributed by atoms with Gasteiger partial charge in [0, 0.05) is 9.35 Å². The molecule has 0 saturated heterocycles. The van der Waals surface area contributed by atoms with Crippen molar-refractivity contribution in [2.45, 2.75) is 0 Å². The zero-order valence-electron chi connectivity index (χ0n) is 6.49. The number of carbonyl (C=O) groups is 1. The van der Waals surface area contributed by atoms with E-state index >= 15 is 0 Å². The average Bonchev–Trinajstić information content (AvgIpc) is 2.72. The van der Waals surface area contributed by atoms with Crippen molar-refractivity contribution in [3.05, 3.63) is 32.9 Å². The van der Waals surface area contributed by atoms with Gasteiger partial charge >= 0.3 is 0 Å². The molecule has 0 radical (unpaired) electrons. The van der Waals surface area contributed by atoms with Crippen molar-refractivity contribution >= 4 is 44.9 Å². The summed E-state index contributed by atoms with van der Waals surface area (Å²) in [6.07, 6.45) is 0.881. The largest absolute Gasteiger partial charge is 0.297 e. The van der Waals surface area contributed by atoms with Crippen LogP contribution in [-0.4, -0.2) is 6.29 Å². The minimum Gasteiger partial charge on any atom is -0.297 e. The molecule has 2 heterocycles. The highest BCUT2D eigenvalue weighted by atomic mass is 79.9. The summed E-state index contributed by atoms with van der Waals surface area (Å²) in [6, 6.07) is 5.91. The van der Waals surface area contributed by atoms with Gasteiger partial charge in [-0.15, -0.1) is 22.7 Å². The summed E-state index contributed by atoms with van der Waals surface area (Å²) in [7, 11) is 0. The number of aldehydes is 1. The number of halogens is 1. The summed E-state index contributed by atoms with van der Waals surface area (Å²) in [6.45, 7) is 0. The van der Waals surface area contributed by atoms with Gasteiger partial charge in [0.25, 0.3) is 0 Å². The summed E-state index contributed by atoms with van der Waals surface area (Å²) in [4.78, 5) is 13.6. The van der Waals surface area contributed by atoms with Gasteiger partial charge in [-0.1, -0.05) is 6.07 Å². The first kappa shape index (κ1) is 9.12. The minimum absolute atomic E-state index is 0.760. The molecule has 13 heavy (non-hydrogen) atoms. The number of carbonyl (C=O) groups excluding carboxylic acids is 1. The highest BCUT2D eigenvalue weighted by Gasteiger charge is 2.08. The minimum atomic E-state index is 0.760. The molecule has 66 valence electrons. The second-order valence-corrected chi connectivity index (χ2v) is 5.31. The first-order valence-electron chi connectivity index (χ1n) is 3.59. The van der Waals surface area contributed by atoms with E-state index in [-0.39, 0.29) is 0 Å². The maximum Gasteiger partial charge on any atom is 0.160 e. The first-order valence-corrected chi connectivity index (χ1v) is 6.08. The van der Waals surface area contributed by atoms with Crippen molar-refractivity contribution in [3.63, 3.8) is 0 Å². The summed E-state index contributed by atoms with van der Waals surface area (Å²) < 4.78 is 1.00. The lowest BCUT2D eigenvalue weighted by atomic mass is 10.4. The van der Waals surface area contributed by atoms with Crippen LogP contribution in [0.3, 0.4) is 0 Å². The molecule has 0 spiro atoms. The van der Waals surface area contributed by atoms with Gasteiger partial charge in [-0.3, -0.25) is 4.79 Å². The van der Waals surface area contributed by atoms with E-state index in [2.05, 4.69) is 22.0 Å². The molecule has 2 aromatic heterocycles. The molecule has 4 heteroatoms. The molecule has 2 rings (SSSR count). The van der Waals surface area contributed by atoms with E-state index < -0.39 is 0 Å². The maximum atomic E-state index is 10.5. The summed E-state index contributed by atoms with van der Waals surface area (Å²) in [5.41, 5.74) is 0. The molecule has 1 nitrogen and oxygen atoms in total. The Labute approximate surface area is 92.2 Å². The van der Waals surface area contributed by atoms with Crippen molar-refractivity contribution in [1.82, 2.24) is 0 Å². The van der Waals surface area contributed by atoms with Gasteiger partial charge < -0.3 is 0 Å². The van der Waals surface area contributed by atoms with Gasteiger partial charge in [-0.25, -0.2) is 0 Å². The van der Waals surface area contributed by atoms with E-state index in [0.29, 0.717) is 0 Å². The fourth-order valence-electron chi connectivity index (χ4n) is 1.02. The third-order valence-corrected chi connectivity index (χ3v) is 4.57. The van der Waals surface area contributed by atoms with Crippen LogP contribution in [0.4, 0.5) is 0 Å². The van der Waals surface area contributed by atoms with E-state index in [1.165, 1.54) is 16.2 Å². The quantitative estimate of drug-likeness (QED) is 0.754. The number of rotatable bonds is 2. The van der Waals surface area contributed by atoms with E-state index in [4.69, 9.17) is 0 Å². The number of hydrogen-bond donors (Lipinski definition) is 0. The van der Waals surface area contributed by atoms with E-state index in [0.717, 1.165) is 20.5 Å². The van der Waals surface area contributed by atoms with Crippen LogP contribution in [0.25, 0.3) is 9.75 Å². The third-order valence-electron chi connectivity index (χ3n) is 1.57. The number of hydrogen-bond acceptors (Lipinski definition) is 3. The fourth-order valence-corrected chi connectivity index (χ4v) is 3.74. The molecule has 0 aliphatic heterocycles. The summed E-state index contributed by atoms with van der Waals surface area (Å²) in [5.74, 6) is 0. The molecule has 0 amide bonds. The van der Waals surface area contributed by atoms with Crippen LogP contribution in [0.2, 0.25) is 0 Å². The van der Waals surface area contributed by atoms with E-state index in [1.54, 1.807) is 11.3 Å². The fraction of sp³-hybridized carbons (Fsp3) is 0. The Morgan fingerprint density at radius 1 is 1.46 bits per heavy atom. The zero-order valence-corrected chi connectivity index (χ0v) is 9.71. The Hall–Kier alpha value is -0.450. The lowest BCUT2D eigenvalue weighted by molar-refractivity contribution is 0.112. The van der Waals surface area contributed by atoms with E-state index in [1.807, 2.05) is 17.5 Å². The summed E-state index contributed by atoms with van der Waals surface area (Å²) >= 11 is 6.63. The molecular weight excluding hydrogens is 268 g/mol. The number of thiophene rings is 2. The van der Waals surface area contributed by atoms with Crippen LogP contribution < -0.4 is 0 Å². The zero-order chi connectivity index (χ0) is 9.26. The van der Waals surface area contributed by atoms with Gasteiger partial charge in [-0.05, 0) is 33.4 Å². The van der Waals surface area contributed by atoms with Gasteiger partial charge in [0.2, 0.25) is 0 Å². The molecule has 0 atom stereocenters. The molecule has 2 aromatic rings. The van der Waals surface area contributed by atoms with Crippen LogP contribution in [-0.2, 0) is 0 Å². The SMILES string of the molecule is O=Cc1cc(Br)c(-c2cccs2)s1. The Balaban J connectivity index is 2.52. The highest BCUT2D eigenvalue weighted by Crippen LogP contribution is 2.38. The lowest BCUT2D eigenvalue weighted by Gasteiger charge is -1.90. The molecule has 0 N–H and O–H groups in total. The van der Waals surface area contributed by atoms with Gasteiger partial charge in [-0.2, -0.15) is 0 Å². The Morgan fingerprint density at radius 3 is 2.85 bits per heavy atom. The Bertz CT molecular complexity index is 417. The van der Waals surface area contributed by atoms with Crippen LogP contribution in [0, 0.1) is 0 Å². The van der Waals surface area contributed by atoms with Crippen LogP contribution in [0.5, 0.6) is 0 Å². The highest BCUT2D eigenvalue weighted by molar-refractivity contribution is 9.10. The maximum absolute atomic E-state index is 10.5. The monoisotopic (exact) mass is 272 g/mol. The normalized spacial score (nSPS) is 10.2. The molecule has 0 fully saturated rings. The predicted octanol–water partition coefficient (Wildman–Crippen LogP) is 4.05. The third kappa shape index (κ3) is 1.75. The van der Waals surface area contributed by atoms with Crippen LogP contribution in [0.15, 0.2) is 28.1 Å². The second-order valence-electron chi connectivity index (χ2n) is 2.42. The van der Waals surface area contributed by atoms with Gasteiger partial charge in [0.05, 0.1) is 9.75 Å². The first-order chi connectivity index (χ1) is 6.31. The van der Waals surface area contributed by atoms with Crippen molar-refractivity contribution in [1.29, 1.82) is 0 Å². The van der Waals surface area contributed by atoms with Gasteiger partial charge in [0.15, 0.2) is 6.29 Å². The van der Waals surface area contributed by atoms with Crippen LogP contribution in [0.1, 0.15) is 9.67 Å². The van der Waals surface area contributed by atoms with Crippen molar-refractivity contribution in [2.75, 3.05) is 0 Å². The molecule has 0 aliphatic rings. The van der Waals surface area contributed by atoms with Gasteiger partial charge in [0.1, 0.15) is 0 Å². The molecule has 0 unspecified atom stereocenters. The van der Waals surface area contributed by atoms with E-state index in [9.17, 15) is 4.79 Å². The predicted molar refractivity (Wildman–Crippen MR) is 60.7 cm³/mol. The van der Waals surface area contributed by atoms with Crippen molar-refractivity contribution in [3.8, 4) is 9.75 Å². The molecule has 0 bridgehead atoms. The molecule has 0 saturated carbocycles. The molecule has 0 aromatic carbocycles. The molecular formula is C9H5BrOS2. The van der Waals surface area contributed by atoms with Crippen molar-refractivity contribution in [2.24, 2.45) is 0 Å². The second kappa shape index (κ2) is 3.74. The Morgan fingerprint density at radius 2 is 2.31 bits per heavy atom. The average molecular weight is 273 g/mol. The Kier molecular flexibility index (Phi) is 2.62. The topological polar surface area (TPSA) is 17.1 Å². The summed E-state index contributed by atoms with van der Waals surface area (Å²) in [5, 5.41) is 2.03. The lowest BCUT2D eigenvalue weighted by Crippen LogP contribution is -1.62. The van der Waals surface area contributed by atoms with Crippen molar-refractivity contribution < 1.29 is 4.79 Å². The molecule has 0 aliphatic carbocycles.